The van der Waals surface area contributed by atoms with E-state index in [9.17, 15) is 4.79 Å². The van der Waals surface area contributed by atoms with Crippen molar-refractivity contribution in [3.8, 4) is 0 Å². The van der Waals surface area contributed by atoms with Crippen molar-refractivity contribution < 1.29 is 4.79 Å². The summed E-state index contributed by atoms with van der Waals surface area (Å²) < 4.78 is 0.647. The molecule has 0 unspecified atom stereocenters. The van der Waals surface area contributed by atoms with E-state index in [2.05, 4.69) is 20.9 Å². The third-order valence-electron chi connectivity index (χ3n) is 2.54. The number of nitrogen functional groups attached to an aromatic ring is 2. The van der Waals surface area contributed by atoms with Crippen LogP contribution in [0.15, 0.2) is 34.9 Å². The van der Waals surface area contributed by atoms with Crippen molar-refractivity contribution in [3.05, 3.63) is 51.6 Å². The first-order valence-corrected chi connectivity index (χ1v) is 6.10. The van der Waals surface area contributed by atoms with Gasteiger partial charge >= 0.3 is 0 Å². The van der Waals surface area contributed by atoms with E-state index in [4.69, 9.17) is 11.5 Å². The van der Waals surface area contributed by atoms with Gasteiger partial charge in [-0.2, -0.15) is 0 Å². The summed E-state index contributed by atoms with van der Waals surface area (Å²) >= 11 is 3.33. The molecule has 0 amide bonds. The Kier molecular flexibility index (Phi) is 3.34. The minimum Gasteiger partial charge on any atom is -0.399 e. The molecule has 0 atom stereocenters. The van der Waals surface area contributed by atoms with Gasteiger partial charge in [0, 0.05) is 21.9 Å². The van der Waals surface area contributed by atoms with E-state index >= 15 is 0 Å². The van der Waals surface area contributed by atoms with Crippen molar-refractivity contribution in [1.29, 1.82) is 0 Å². The highest BCUT2D eigenvalue weighted by Crippen LogP contribution is 2.24. The maximum Gasteiger partial charge on any atom is 0.197 e. The number of rotatable bonds is 2. The highest BCUT2D eigenvalue weighted by atomic mass is 79.9. The van der Waals surface area contributed by atoms with Crippen LogP contribution in [0.4, 0.5) is 11.5 Å². The smallest absolute Gasteiger partial charge is 0.197 e. The lowest BCUT2D eigenvalue weighted by Gasteiger charge is -2.07. The number of carbonyl (C=O) groups excluding carboxylic acids is 1. The van der Waals surface area contributed by atoms with Crippen molar-refractivity contribution in [2.45, 2.75) is 6.92 Å². The second-order valence-electron chi connectivity index (χ2n) is 4.01. The molecule has 92 valence electrons. The molecule has 0 saturated carbocycles. The minimum atomic E-state index is -0.171. The number of hydrogen-bond acceptors (Lipinski definition) is 4. The molecule has 0 aliphatic rings. The number of aromatic nitrogens is 1. The lowest BCUT2D eigenvalue weighted by molar-refractivity contribution is 0.103. The number of hydrogen-bond donors (Lipinski definition) is 2. The van der Waals surface area contributed by atoms with Crippen LogP contribution in [0.25, 0.3) is 0 Å². The average Bonchev–Trinajstić information content (AvgIpc) is 2.31. The number of carbonyl (C=O) groups is 1. The highest BCUT2D eigenvalue weighted by molar-refractivity contribution is 9.10. The summed E-state index contributed by atoms with van der Waals surface area (Å²) in [6.45, 7) is 1.86. The largest absolute Gasteiger partial charge is 0.399 e. The number of aryl methyl sites for hydroxylation is 1. The fourth-order valence-corrected chi connectivity index (χ4v) is 2.20. The topological polar surface area (TPSA) is 82.0 Å². The van der Waals surface area contributed by atoms with E-state index in [1.165, 1.54) is 0 Å². The molecule has 0 bridgehead atoms. The third-order valence-corrected chi connectivity index (χ3v) is 3.19. The minimum absolute atomic E-state index is 0.171. The van der Waals surface area contributed by atoms with E-state index in [1.807, 2.05) is 6.92 Å². The first-order valence-electron chi connectivity index (χ1n) is 5.31. The number of halogens is 1. The monoisotopic (exact) mass is 305 g/mol. The van der Waals surface area contributed by atoms with Crippen LogP contribution in [-0.4, -0.2) is 10.8 Å². The molecule has 0 fully saturated rings. The van der Waals surface area contributed by atoms with Crippen molar-refractivity contribution in [2.24, 2.45) is 0 Å². The number of nitrogens with two attached hydrogens (primary N) is 2. The van der Waals surface area contributed by atoms with Crippen molar-refractivity contribution in [2.75, 3.05) is 11.5 Å². The zero-order valence-corrected chi connectivity index (χ0v) is 11.4. The molecule has 2 aromatic rings. The van der Waals surface area contributed by atoms with Crippen LogP contribution in [0.2, 0.25) is 0 Å². The SMILES string of the molecule is Cc1cnc(N)c(C(=O)c2ccc(N)cc2Br)c1. The van der Waals surface area contributed by atoms with Crippen LogP contribution in [0, 0.1) is 6.92 Å². The van der Waals surface area contributed by atoms with Crippen LogP contribution in [-0.2, 0) is 0 Å². The van der Waals surface area contributed by atoms with Gasteiger partial charge in [0.1, 0.15) is 5.82 Å². The second kappa shape index (κ2) is 4.78. The molecule has 18 heavy (non-hydrogen) atoms. The maximum absolute atomic E-state index is 12.4. The van der Waals surface area contributed by atoms with Crippen LogP contribution < -0.4 is 11.5 Å². The van der Waals surface area contributed by atoms with E-state index < -0.39 is 0 Å². The number of nitrogens with zero attached hydrogens (tertiary/aromatic N) is 1. The van der Waals surface area contributed by atoms with Crippen molar-refractivity contribution >= 4 is 33.2 Å². The number of ketones is 1. The highest BCUT2D eigenvalue weighted by Gasteiger charge is 2.16. The average molecular weight is 306 g/mol. The Morgan fingerprint density at radius 3 is 2.61 bits per heavy atom. The Morgan fingerprint density at radius 1 is 1.22 bits per heavy atom. The zero-order chi connectivity index (χ0) is 13.3. The quantitative estimate of drug-likeness (QED) is 0.660. The van der Waals surface area contributed by atoms with Gasteiger partial charge in [-0.15, -0.1) is 0 Å². The normalized spacial score (nSPS) is 10.3. The molecule has 0 aliphatic carbocycles. The van der Waals surface area contributed by atoms with Gasteiger partial charge in [0.15, 0.2) is 5.78 Å². The molecule has 1 aromatic heterocycles. The van der Waals surface area contributed by atoms with Crippen LogP contribution in [0.5, 0.6) is 0 Å². The predicted octanol–water partition coefficient (Wildman–Crippen LogP) is 2.55. The fourth-order valence-electron chi connectivity index (χ4n) is 1.62. The zero-order valence-electron chi connectivity index (χ0n) is 9.77. The molecule has 0 aliphatic heterocycles. The standard InChI is InChI=1S/C13H12BrN3O/c1-7-4-10(13(16)17-6-7)12(18)9-3-2-8(15)5-11(9)14/h2-6H,15H2,1H3,(H2,16,17). The van der Waals surface area contributed by atoms with Gasteiger partial charge in [-0.05, 0) is 52.7 Å². The molecular weight excluding hydrogens is 294 g/mol. The van der Waals surface area contributed by atoms with E-state index in [0.29, 0.717) is 21.3 Å². The van der Waals surface area contributed by atoms with Gasteiger partial charge in [-0.25, -0.2) is 4.98 Å². The molecule has 1 aromatic carbocycles. The van der Waals surface area contributed by atoms with Gasteiger partial charge in [0.05, 0.1) is 5.56 Å². The molecule has 4 nitrogen and oxygen atoms in total. The summed E-state index contributed by atoms with van der Waals surface area (Å²) in [4.78, 5) is 16.4. The van der Waals surface area contributed by atoms with E-state index in [1.54, 1.807) is 30.5 Å². The van der Waals surface area contributed by atoms with Gasteiger partial charge < -0.3 is 11.5 Å². The fraction of sp³-hybridized carbons (Fsp3) is 0.0769. The first-order chi connectivity index (χ1) is 8.49. The summed E-state index contributed by atoms with van der Waals surface area (Å²) in [7, 11) is 0. The summed E-state index contributed by atoms with van der Waals surface area (Å²) in [5.41, 5.74) is 13.8. The van der Waals surface area contributed by atoms with Gasteiger partial charge in [-0.3, -0.25) is 4.79 Å². The first kappa shape index (κ1) is 12.6. The lowest BCUT2D eigenvalue weighted by atomic mass is 10.0. The summed E-state index contributed by atoms with van der Waals surface area (Å²) in [5, 5.41) is 0. The van der Waals surface area contributed by atoms with Crippen LogP contribution in [0.1, 0.15) is 21.5 Å². The maximum atomic E-state index is 12.4. The summed E-state index contributed by atoms with van der Waals surface area (Å²) in [6.07, 6.45) is 1.63. The number of anilines is 2. The Morgan fingerprint density at radius 2 is 1.94 bits per heavy atom. The molecular formula is C13H12BrN3O. The van der Waals surface area contributed by atoms with Crippen molar-refractivity contribution in [1.82, 2.24) is 4.98 Å². The Labute approximate surface area is 113 Å². The Hall–Kier alpha value is -1.88. The Bertz CT molecular complexity index is 626. The second-order valence-corrected chi connectivity index (χ2v) is 4.87. The van der Waals surface area contributed by atoms with Gasteiger partial charge in [-0.1, -0.05) is 0 Å². The molecule has 0 saturated heterocycles. The van der Waals surface area contributed by atoms with E-state index in [0.717, 1.165) is 5.56 Å². The Balaban J connectivity index is 2.51. The lowest BCUT2D eigenvalue weighted by Crippen LogP contribution is -2.08. The molecule has 5 heteroatoms. The molecule has 2 rings (SSSR count). The van der Waals surface area contributed by atoms with Gasteiger partial charge in [0.2, 0.25) is 0 Å². The molecule has 0 radical (unpaired) electrons. The summed E-state index contributed by atoms with van der Waals surface area (Å²) in [5.74, 6) is 0.0601. The molecule has 1 heterocycles. The van der Waals surface area contributed by atoms with Gasteiger partial charge in [0.25, 0.3) is 0 Å². The molecule has 4 N–H and O–H groups in total. The number of pyridine rings is 1. The summed E-state index contributed by atoms with van der Waals surface area (Å²) in [6, 6.07) is 6.76. The van der Waals surface area contributed by atoms with E-state index in [-0.39, 0.29) is 11.6 Å². The molecule has 0 spiro atoms. The van der Waals surface area contributed by atoms with Crippen LogP contribution >= 0.6 is 15.9 Å². The predicted molar refractivity (Wildman–Crippen MR) is 75.4 cm³/mol. The number of benzene rings is 1. The van der Waals surface area contributed by atoms with Crippen molar-refractivity contribution in [3.63, 3.8) is 0 Å². The third kappa shape index (κ3) is 2.36. The van der Waals surface area contributed by atoms with Crippen LogP contribution in [0.3, 0.4) is 0 Å².